The van der Waals surface area contributed by atoms with E-state index in [1.165, 1.54) is 12.1 Å². The average Bonchev–Trinajstić information content (AvgIpc) is 2.28. The molecule has 0 saturated carbocycles. The summed E-state index contributed by atoms with van der Waals surface area (Å²) in [6.45, 7) is 4.02. The number of halogens is 2. The van der Waals surface area contributed by atoms with E-state index in [1.54, 1.807) is 6.07 Å². The van der Waals surface area contributed by atoms with Crippen LogP contribution in [0.25, 0.3) is 0 Å². The average molecular weight is 303 g/mol. The molecule has 0 fully saturated rings. The fourth-order valence-corrected chi connectivity index (χ4v) is 1.67. The molecule has 17 heavy (non-hydrogen) atoms. The van der Waals surface area contributed by atoms with E-state index in [4.69, 9.17) is 5.73 Å². The molecule has 0 radical (unpaired) electrons. The van der Waals surface area contributed by atoms with Gasteiger partial charge in [-0.3, -0.25) is 4.79 Å². The van der Waals surface area contributed by atoms with Gasteiger partial charge >= 0.3 is 0 Å². The number of carbonyl (C=O) groups excluding carboxylic acids is 1. The first-order chi connectivity index (χ1) is 7.91. The number of carbonyl (C=O) groups is 1. The lowest BCUT2D eigenvalue weighted by Crippen LogP contribution is -2.43. The van der Waals surface area contributed by atoms with Crippen molar-refractivity contribution in [2.24, 2.45) is 11.7 Å². The molecule has 1 aromatic rings. The Morgan fingerprint density at radius 3 is 2.76 bits per heavy atom. The van der Waals surface area contributed by atoms with Crippen LogP contribution in [0, 0.1) is 11.7 Å². The third-order valence-corrected chi connectivity index (χ3v) is 3.26. The quantitative estimate of drug-likeness (QED) is 0.896. The largest absolute Gasteiger partial charge is 0.351 e. The van der Waals surface area contributed by atoms with Crippen molar-refractivity contribution in [2.75, 3.05) is 0 Å². The number of rotatable bonds is 4. The van der Waals surface area contributed by atoms with Crippen molar-refractivity contribution >= 4 is 21.8 Å². The van der Waals surface area contributed by atoms with Crippen molar-refractivity contribution in [1.29, 1.82) is 0 Å². The van der Waals surface area contributed by atoms with Crippen LogP contribution in [0.15, 0.2) is 22.7 Å². The highest BCUT2D eigenvalue weighted by molar-refractivity contribution is 9.10. The summed E-state index contributed by atoms with van der Waals surface area (Å²) in [4.78, 5) is 11.6. The number of nitrogens with two attached hydrogens (primary N) is 1. The zero-order valence-corrected chi connectivity index (χ0v) is 11.4. The van der Waals surface area contributed by atoms with E-state index in [0.29, 0.717) is 5.56 Å². The summed E-state index contributed by atoms with van der Waals surface area (Å²) in [5.74, 6) is -0.479. The van der Waals surface area contributed by atoms with Crippen LogP contribution >= 0.6 is 15.9 Å². The van der Waals surface area contributed by atoms with Gasteiger partial charge in [-0.25, -0.2) is 4.39 Å². The molecule has 0 aliphatic carbocycles. The summed E-state index contributed by atoms with van der Waals surface area (Å²) in [6.07, 6.45) is 0. The summed E-state index contributed by atoms with van der Waals surface area (Å²) >= 11 is 3.30. The minimum absolute atomic E-state index is 0.0750. The lowest BCUT2D eigenvalue weighted by molar-refractivity contribution is -0.123. The minimum atomic E-state index is -0.540. The van der Waals surface area contributed by atoms with Crippen LogP contribution < -0.4 is 11.1 Å². The molecule has 94 valence electrons. The van der Waals surface area contributed by atoms with Gasteiger partial charge in [-0.2, -0.15) is 0 Å². The number of hydrogen-bond donors (Lipinski definition) is 2. The molecule has 1 atom stereocenters. The highest BCUT2D eigenvalue weighted by Crippen LogP contribution is 2.17. The van der Waals surface area contributed by atoms with Crippen LogP contribution in [-0.4, -0.2) is 11.9 Å². The topological polar surface area (TPSA) is 55.1 Å². The molecule has 0 bridgehead atoms. The number of nitrogens with one attached hydrogen (secondary N) is 1. The van der Waals surface area contributed by atoms with Crippen LogP contribution in [-0.2, 0) is 11.3 Å². The molecule has 0 aromatic heterocycles. The first-order valence-electron chi connectivity index (χ1n) is 5.39. The molecular formula is C12H16BrFN2O. The van der Waals surface area contributed by atoms with Gasteiger partial charge < -0.3 is 11.1 Å². The fraction of sp³-hybridized carbons (Fsp3) is 0.417. The Kier molecular flexibility index (Phi) is 5.08. The van der Waals surface area contributed by atoms with E-state index in [0.717, 1.165) is 4.47 Å². The molecule has 0 unspecified atom stereocenters. The first kappa shape index (κ1) is 14.1. The van der Waals surface area contributed by atoms with Crippen LogP contribution in [0.5, 0.6) is 0 Å². The Bertz CT molecular complexity index is 409. The molecular weight excluding hydrogens is 287 g/mol. The van der Waals surface area contributed by atoms with Gasteiger partial charge in [-0.15, -0.1) is 0 Å². The van der Waals surface area contributed by atoms with Crippen molar-refractivity contribution in [2.45, 2.75) is 26.4 Å². The highest BCUT2D eigenvalue weighted by Gasteiger charge is 2.16. The normalized spacial score (nSPS) is 12.6. The molecule has 0 spiro atoms. The minimum Gasteiger partial charge on any atom is -0.351 e. The molecule has 1 aromatic carbocycles. The Morgan fingerprint density at radius 2 is 2.18 bits per heavy atom. The first-order valence-corrected chi connectivity index (χ1v) is 6.18. The second-order valence-electron chi connectivity index (χ2n) is 4.22. The standard InChI is InChI=1S/C12H16BrFN2O/c1-7(2)11(15)12(17)16-6-8-5-9(14)3-4-10(8)13/h3-5,7,11H,6,15H2,1-2H3,(H,16,17)/t11-/m1/s1. The second-order valence-corrected chi connectivity index (χ2v) is 5.08. The van der Waals surface area contributed by atoms with Gasteiger partial charge in [0.25, 0.3) is 0 Å². The van der Waals surface area contributed by atoms with E-state index in [9.17, 15) is 9.18 Å². The number of amides is 1. The number of benzene rings is 1. The van der Waals surface area contributed by atoms with Crippen LogP contribution in [0.4, 0.5) is 4.39 Å². The van der Waals surface area contributed by atoms with Crippen molar-refractivity contribution in [3.63, 3.8) is 0 Å². The summed E-state index contributed by atoms with van der Waals surface area (Å²) in [5, 5.41) is 2.69. The predicted molar refractivity (Wildman–Crippen MR) is 68.8 cm³/mol. The molecule has 1 amide bonds. The van der Waals surface area contributed by atoms with E-state index in [-0.39, 0.29) is 24.2 Å². The molecule has 3 nitrogen and oxygen atoms in total. The van der Waals surface area contributed by atoms with Gasteiger partial charge in [-0.05, 0) is 29.7 Å². The van der Waals surface area contributed by atoms with Crippen molar-refractivity contribution < 1.29 is 9.18 Å². The third-order valence-electron chi connectivity index (χ3n) is 2.48. The summed E-state index contributed by atoms with van der Waals surface area (Å²) in [5.41, 5.74) is 6.38. The molecule has 0 heterocycles. The summed E-state index contributed by atoms with van der Waals surface area (Å²) in [7, 11) is 0. The van der Waals surface area contributed by atoms with Crippen LogP contribution in [0.3, 0.4) is 0 Å². The second kappa shape index (κ2) is 6.12. The van der Waals surface area contributed by atoms with Gasteiger partial charge in [0.15, 0.2) is 0 Å². The Morgan fingerprint density at radius 1 is 1.53 bits per heavy atom. The van der Waals surface area contributed by atoms with E-state index < -0.39 is 6.04 Å². The monoisotopic (exact) mass is 302 g/mol. The SMILES string of the molecule is CC(C)[C@@H](N)C(=O)NCc1cc(F)ccc1Br. The van der Waals surface area contributed by atoms with Gasteiger partial charge in [-0.1, -0.05) is 29.8 Å². The highest BCUT2D eigenvalue weighted by atomic mass is 79.9. The lowest BCUT2D eigenvalue weighted by atomic mass is 10.0. The maximum Gasteiger partial charge on any atom is 0.237 e. The Balaban J connectivity index is 2.61. The molecule has 3 N–H and O–H groups in total. The van der Waals surface area contributed by atoms with Gasteiger partial charge in [0.2, 0.25) is 5.91 Å². The van der Waals surface area contributed by atoms with Crippen molar-refractivity contribution in [3.05, 3.63) is 34.1 Å². The smallest absolute Gasteiger partial charge is 0.237 e. The van der Waals surface area contributed by atoms with Crippen molar-refractivity contribution in [1.82, 2.24) is 5.32 Å². The van der Waals surface area contributed by atoms with Gasteiger partial charge in [0.1, 0.15) is 5.82 Å². The molecule has 1 rings (SSSR count). The zero-order chi connectivity index (χ0) is 13.0. The van der Waals surface area contributed by atoms with Crippen LogP contribution in [0.1, 0.15) is 19.4 Å². The summed E-state index contributed by atoms with van der Waals surface area (Å²) in [6, 6.07) is 3.81. The maximum atomic E-state index is 13.0. The molecule has 0 aliphatic heterocycles. The van der Waals surface area contributed by atoms with Gasteiger partial charge in [0, 0.05) is 11.0 Å². The fourth-order valence-electron chi connectivity index (χ4n) is 1.28. The number of hydrogen-bond acceptors (Lipinski definition) is 2. The third kappa shape index (κ3) is 4.09. The summed E-state index contributed by atoms with van der Waals surface area (Å²) < 4.78 is 13.8. The van der Waals surface area contributed by atoms with E-state index in [2.05, 4.69) is 21.2 Å². The van der Waals surface area contributed by atoms with Crippen LogP contribution in [0.2, 0.25) is 0 Å². The maximum absolute atomic E-state index is 13.0. The molecule has 0 saturated heterocycles. The predicted octanol–water partition coefficient (Wildman–Crippen LogP) is 2.19. The Hall–Kier alpha value is -0.940. The van der Waals surface area contributed by atoms with E-state index in [1.807, 2.05) is 13.8 Å². The van der Waals surface area contributed by atoms with Gasteiger partial charge in [0.05, 0.1) is 6.04 Å². The Labute approximate surface area is 109 Å². The van der Waals surface area contributed by atoms with Crippen molar-refractivity contribution in [3.8, 4) is 0 Å². The molecule has 0 aliphatic rings. The lowest BCUT2D eigenvalue weighted by Gasteiger charge is -2.15. The molecule has 5 heteroatoms. The zero-order valence-electron chi connectivity index (χ0n) is 9.84. The van der Waals surface area contributed by atoms with E-state index >= 15 is 0 Å².